The molecule has 0 atom stereocenters. The molecule has 6 nitrogen and oxygen atoms in total. The molecule has 22 heavy (non-hydrogen) atoms. The van der Waals surface area contributed by atoms with Crippen LogP contribution >= 0.6 is 0 Å². The number of hydrogen-bond donors (Lipinski definition) is 1. The van der Waals surface area contributed by atoms with E-state index in [0.29, 0.717) is 25.6 Å². The maximum Gasteiger partial charge on any atom is 0.253 e. The van der Waals surface area contributed by atoms with Crippen LogP contribution < -0.4 is 10.5 Å². The van der Waals surface area contributed by atoms with Crippen molar-refractivity contribution in [1.29, 1.82) is 5.26 Å². The first-order valence-electron chi connectivity index (χ1n) is 7.01. The molecule has 2 N–H and O–H groups in total. The molecule has 0 fully saturated rings. The Balaban J connectivity index is 2.19. The van der Waals surface area contributed by atoms with Crippen molar-refractivity contribution >= 4 is 5.82 Å². The molecule has 1 aromatic heterocycles. The molecular formula is C16H20N4O2. The summed E-state index contributed by atoms with van der Waals surface area (Å²) in [6, 6.07) is 8.21. The number of aromatic nitrogens is 2. The standard InChI is InChI=1S/C16H20N4O2/c1-11-4-5-12(2)13(8-11)10-22-16-14(9-17)15(18)20(19-16)6-7-21-3/h4-5,8H,6-7,10,18H2,1-3H3. The summed E-state index contributed by atoms with van der Waals surface area (Å²) in [4.78, 5) is 0. The minimum absolute atomic E-state index is 0.261. The van der Waals surface area contributed by atoms with E-state index in [1.54, 1.807) is 7.11 Å². The molecule has 2 aromatic rings. The summed E-state index contributed by atoms with van der Waals surface area (Å²) in [5.74, 6) is 0.563. The molecule has 0 saturated carbocycles. The van der Waals surface area contributed by atoms with Crippen molar-refractivity contribution in [3.63, 3.8) is 0 Å². The fourth-order valence-electron chi connectivity index (χ4n) is 2.11. The van der Waals surface area contributed by atoms with Gasteiger partial charge in [0.25, 0.3) is 5.88 Å². The summed E-state index contributed by atoms with van der Waals surface area (Å²) in [6.45, 7) is 5.34. The third kappa shape index (κ3) is 3.38. The van der Waals surface area contributed by atoms with Gasteiger partial charge in [0.15, 0.2) is 5.56 Å². The van der Waals surface area contributed by atoms with Crippen molar-refractivity contribution in [3.05, 3.63) is 40.5 Å². The van der Waals surface area contributed by atoms with Gasteiger partial charge in [-0.15, -0.1) is 5.10 Å². The van der Waals surface area contributed by atoms with Crippen molar-refractivity contribution in [2.24, 2.45) is 0 Å². The molecule has 0 aliphatic carbocycles. The molecule has 0 unspecified atom stereocenters. The minimum atomic E-state index is 0.261. The van der Waals surface area contributed by atoms with E-state index in [9.17, 15) is 5.26 Å². The van der Waals surface area contributed by atoms with Crippen LogP contribution in [0.15, 0.2) is 18.2 Å². The van der Waals surface area contributed by atoms with Crippen molar-refractivity contribution < 1.29 is 9.47 Å². The number of anilines is 1. The number of methoxy groups -OCH3 is 1. The molecule has 0 aliphatic heterocycles. The maximum absolute atomic E-state index is 9.24. The van der Waals surface area contributed by atoms with Gasteiger partial charge in [0.05, 0.1) is 13.2 Å². The molecule has 0 bridgehead atoms. The van der Waals surface area contributed by atoms with E-state index in [1.165, 1.54) is 4.68 Å². The summed E-state index contributed by atoms with van der Waals surface area (Å²) in [6.07, 6.45) is 0. The van der Waals surface area contributed by atoms with Crippen LogP contribution in [0.1, 0.15) is 22.3 Å². The van der Waals surface area contributed by atoms with Crippen molar-refractivity contribution in [2.75, 3.05) is 19.5 Å². The zero-order chi connectivity index (χ0) is 16.1. The Kier molecular flexibility index (Phi) is 5.02. The van der Waals surface area contributed by atoms with Gasteiger partial charge in [-0.05, 0) is 25.0 Å². The Morgan fingerprint density at radius 1 is 1.36 bits per heavy atom. The topological polar surface area (TPSA) is 86.1 Å². The van der Waals surface area contributed by atoms with Crippen LogP contribution in [0, 0.1) is 25.2 Å². The molecule has 0 aliphatic rings. The number of hydrogen-bond acceptors (Lipinski definition) is 5. The largest absolute Gasteiger partial charge is 0.471 e. The predicted molar refractivity (Wildman–Crippen MR) is 83.5 cm³/mol. The second-order valence-electron chi connectivity index (χ2n) is 5.11. The number of nitrogens with two attached hydrogens (primary N) is 1. The van der Waals surface area contributed by atoms with Gasteiger partial charge >= 0.3 is 0 Å². The van der Waals surface area contributed by atoms with Crippen LogP contribution in [-0.2, 0) is 17.9 Å². The van der Waals surface area contributed by atoms with Gasteiger partial charge in [-0.25, -0.2) is 4.68 Å². The van der Waals surface area contributed by atoms with Gasteiger partial charge in [-0.3, -0.25) is 0 Å². The first kappa shape index (κ1) is 15.9. The second-order valence-corrected chi connectivity index (χ2v) is 5.11. The fraction of sp³-hybridized carbons (Fsp3) is 0.375. The van der Waals surface area contributed by atoms with Crippen LogP contribution in [0.25, 0.3) is 0 Å². The predicted octanol–water partition coefficient (Wildman–Crippen LogP) is 2.18. The zero-order valence-electron chi connectivity index (χ0n) is 13.1. The smallest absolute Gasteiger partial charge is 0.253 e. The quantitative estimate of drug-likeness (QED) is 0.883. The SMILES string of the molecule is COCCn1nc(OCc2cc(C)ccc2C)c(C#N)c1N. The monoisotopic (exact) mass is 300 g/mol. The molecule has 0 spiro atoms. The number of nitriles is 1. The van der Waals surface area contributed by atoms with Gasteiger partial charge in [0.2, 0.25) is 0 Å². The summed E-state index contributed by atoms with van der Waals surface area (Å²) in [7, 11) is 1.60. The molecule has 2 rings (SSSR count). The fourth-order valence-corrected chi connectivity index (χ4v) is 2.11. The van der Waals surface area contributed by atoms with E-state index in [2.05, 4.69) is 17.2 Å². The van der Waals surface area contributed by atoms with Crippen molar-refractivity contribution in [2.45, 2.75) is 27.0 Å². The van der Waals surface area contributed by atoms with E-state index in [-0.39, 0.29) is 11.4 Å². The van der Waals surface area contributed by atoms with Gasteiger partial charge in [-0.1, -0.05) is 23.8 Å². The number of ether oxygens (including phenoxy) is 2. The lowest BCUT2D eigenvalue weighted by atomic mass is 10.1. The van der Waals surface area contributed by atoms with Crippen molar-refractivity contribution in [3.8, 4) is 11.9 Å². The lowest BCUT2D eigenvalue weighted by Crippen LogP contribution is -2.09. The Bertz CT molecular complexity index is 701. The van der Waals surface area contributed by atoms with E-state index in [0.717, 1.165) is 16.7 Å². The van der Waals surface area contributed by atoms with Crippen LogP contribution in [0.3, 0.4) is 0 Å². The normalized spacial score (nSPS) is 10.5. The Labute approximate surface area is 130 Å². The number of aryl methyl sites for hydroxylation is 2. The molecular weight excluding hydrogens is 280 g/mol. The molecule has 0 saturated heterocycles. The average molecular weight is 300 g/mol. The Morgan fingerprint density at radius 2 is 2.14 bits per heavy atom. The van der Waals surface area contributed by atoms with Crippen LogP contribution in [-0.4, -0.2) is 23.5 Å². The van der Waals surface area contributed by atoms with E-state index in [1.807, 2.05) is 26.0 Å². The van der Waals surface area contributed by atoms with Gasteiger partial charge in [-0.2, -0.15) is 5.26 Å². The highest BCUT2D eigenvalue weighted by atomic mass is 16.5. The zero-order valence-corrected chi connectivity index (χ0v) is 13.1. The maximum atomic E-state index is 9.24. The summed E-state index contributed by atoms with van der Waals surface area (Å²) < 4.78 is 12.2. The number of nitrogen functional groups attached to an aromatic ring is 1. The van der Waals surface area contributed by atoms with E-state index in [4.69, 9.17) is 15.2 Å². The van der Waals surface area contributed by atoms with E-state index >= 15 is 0 Å². The van der Waals surface area contributed by atoms with Gasteiger partial charge in [0, 0.05) is 7.11 Å². The number of benzene rings is 1. The van der Waals surface area contributed by atoms with Crippen LogP contribution in [0.5, 0.6) is 5.88 Å². The summed E-state index contributed by atoms with van der Waals surface area (Å²) in [5.41, 5.74) is 9.55. The first-order valence-corrected chi connectivity index (χ1v) is 7.01. The van der Waals surface area contributed by atoms with E-state index < -0.39 is 0 Å². The average Bonchev–Trinajstić information content (AvgIpc) is 2.81. The second kappa shape index (κ2) is 6.96. The van der Waals surface area contributed by atoms with Gasteiger partial charge in [0.1, 0.15) is 18.5 Å². The van der Waals surface area contributed by atoms with Crippen LogP contribution in [0.2, 0.25) is 0 Å². The van der Waals surface area contributed by atoms with Gasteiger partial charge < -0.3 is 15.2 Å². The summed E-state index contributed by atoms with van der Waals surface area (Å²) >= 11 is 0. The van der Waals surface area contributed by atoms with Crippen LogP contribution in [0.4, 0.5) is 5.82 Å². The highest BCUT2D eigenvalue weighted by molar-refractivity contribution is 5.55. The number of nitrogens with zero attached hydrogens (tertiary/aromatic N) is 3. The molecule has 0 radical (unpaired) electrons. The third-order valence-electron chi connectivity index (χ3n) is 3.45. The molecule has 0 amide bonds. The Morgan fingerprint density at radius 3 is 2.82 bits per heavy atom. The molecule has 116 valence electrons. The van der Waals surface area contributed by atoms with Crippen molar-refractivity contribution in [1.82, 2.24) is 9.78 Å². The highest BCUT2D eigenvalue weighted by Gasteiger charge is 2.17. The minimum Gasteiger partial charge on any atom is -0.471 e. The Hall–Kier alpha value is -2.52. The lowest BCUT2D eigenvalue weighted by molar-refractivity contribution is 0.183. The molecule has 1 heterocycles. The number of rotatable bonds is 6. The highest BCUT2D eigenvalue weighted by Crippen LogP contribution is 2.24. The molecule has 6 heteroatoms. The third-order valence-corrected chi connectivity index (χ3v) is 3.45. The molecule has 1 aromatic carbocycles. The lowest BCUT2D eigenvalue weighted by Gasteiger charge is -2.08. The summed E-state index contributed by atoms with van der Waals surface area (Å²) in [5, 5.41) is 13.5. The first-order chi connectivity index (χ1) is 10.6.